The Morgan fingerprint density at radius 2 is 2.19 bits per heavy atom. The number of hydrogen-bond donors (Lipinski definition) is 1. The number of nitrogens with one attached hydrogen (secondary N) is 1. The number of aryl methyl sites for hydroxylation is 1. The summed E-state index contributed by atoms with van der Waals surface area (Å²) in [6, 6.07) is 0.661. The van der Waals surface area contributed by atoms with Gasteiger partial charge in [-0.15, -0.1) is 11.3 Å². The average Bonchev–Trinajstić information content (AvgIpc) is 2.91. The average molecular weight is 311 g/mol. The number of hydrogen-bond acceptors (Lipinski definition) is 5. The van der Waals surface area contributed by atoms with Crippen molar-refractivity contribution in [3.8, 4) is 0 Å². The van der Waals surface area contributed by atoms with Crippen LogP contribution in [0.5, 0.6) is 0 Å². The standard InChI is InChI=1S/C16H30N4S/c1-5-9-17-11-15-14(6-2)18-16(21-15)20-10-7-8-13(12-20)19(3)4/h13,17H,5-12H2,1-4H3. The van der Waals surface area contributed by atoms with Crippen LogP contribution in [-0.4, -0.2) is 49.7 Å². The summed E-state index contributed by atoms with van der Waals surface area (Å²) in [7, 11) is 4.38. The Balaban J connectivity index is 2.05. The normalized spacial score (nSPS) is 19.5. The molecule has 1 saturated heterocycles. The fourth-order valence-corrected chi connectivity index (χ4v) is 4.00. The number of piperidine rings is 1. The van der Waals surface area contributed by atoms with E-state index in [0.29, 0.717) is 6.04 Å². The van der Waals surface area contributed by atoms with E-state index < -0.39 is 0 Å². The zero-order valence-corrected chi connectivity index (χ0v) is 14.8. The van der Waals surface area contributed by atoms with E-state index in [4.69, 9.17) is 4.98 Å². The highest BCUT2D eigenvalue weighted by Gasteiger charge is 2.24. The summed E-state index contributed by atoms with van der Waals surface area (Å²) in [6.07, 6.45) is 4.79. The number of anilines is 1. The number of thiazole rings is 1. The van der Waals surface area contributed by atoms with Crippen LogP contribution in [0, 0.1) is 0 Å². The fourth-order valence-electron chi connectivity index (χ4n) is 2.85. The molecule has 1 atom stereocenters. The molecular formula is C16H30N4S. The van der Waals surface area contributed by atoms with E-state index in [9.17, 15) is 0 Å². The second kappa shape index (κ2) is 8.11. The van der Waals surface area contributed by atoms with Crippen LogP contribution in [0.3, 0.4) is 0 Å². The van der Waals surface area contributed by atoms with E-state index >= 15 is 0 Å². The molecule has 1 aliphatic rings. The lowest BCUT2D eigenvalue weighted by Crippen LogP contribution is -2.45. The van der Waals surface area contributed by atoms with Gasteiger partial charge in [-0.1, -0.05) is 13.8 Å². The summed E-state index contributed by atoms with van der Waals surface area (Å²) in [5.74, 6) is 0. The third-order valence-electron chi connectivity index (χ3n) is 4.21. The number of likely N-dealkylation sites (N-methyl/N-ethyl adjacent to an activating group) is 1. The predicted octanol–water partition coefficient (Wildman–Crippen LogP) is 2.74. The number of aromatic nitrogens is 1. The van der Waals surface area contributed by atoms with Crippen molar-refractivity contribution < 1.29 is 0 Å². The second-order valence-electron chi connectivity index (χ2n) is 6.10. The van der Waals surface area contributed by atoms with Gasteiger partial charge in [0, 0.05) is 30.6 Å². The minimum Gasteiger partial charge on any atom is -0.347 e. The topological polar surface area (TPSA) is 31.4 Å². The van der Waals surface area contributed by atoms with Gasteiger partial charge in [-0.25, -0.2) is 4.98 Å². The maximum absolute atomic E-state index is 4.91. The van der Waals surface area contributed by atoms with Crippen LogP contribution in [-0.2, 0) is 13.0 Å². The van der Waals surface area contributed by atoms with Gasteiger partial charge in [0.25, 0.3) is 0 Å². The molecule has 5 heteroatoms. The molecule has 0 spiro atoms. The van der Waals surface area contributed by atoms with Crippen LogP contribution >= 0.6 is 11.3 Å². The molecule has 0 aliphatic carbocycles. The highest BCUT2D eigenvalue weighted by molar-refractivity contribution is 7.15. The SMILES string of the molecule is CCCNCc1sc(N2CCCC(N(C)C)C2)nc1CC. The summed E-state index contributed by atoms with van der Waals surface area (Å²) < 4.78 is 0. The fraction of sp³-hybridized carbons (Fsp3) is 0.812. The van der Waals surface area contributed by atoms with Gasteiger partial charge in [-0.3, -0.25) is 0 Å². The van der Waals surface area contributed by atoms with Crippen molar-refractivity contribution in [1.29, 1.82) is 0 Å². The van der Waals surface area contributed by atoms with E-state index in [0.717, 1.165) is 32.6 Å². The van der Waals surface area contributed by atoms with E-state index in [-0.39, 0.29) is 0 Å². The Hall–Kier alpha value is -0.650. The maximum Gasteiger partial charge on any atom is 0.185 e. The van der Waals surface area contributed by atoms with Gasteiger partial charge in [0.05, 0.1) is 5.69 Å². The van der Waals surface area contributed by atoms with Gasteiger partial charge in [-0.05, 0) is 46.3 Å². The van der Waals surface area contributed by atoms with Gasteiger partial charge < -0.3 is 15.1 Å². The largest absolute Gasteiger partial charge is 0.347 e. The molecule has 4 nitrogen and oxygen atoms in total. The lowest BCUT2D eigenvalue weighted by molar-refractivity contribution is 0.258. The van der Waals surface area contributed by atoms with Crippen molar-refractivity contribution in [1.82, 2.24) is 15.2 Å². The molecule has 1 aliphatic heterocycles. The number of nitrogens with zero attached hydrogens (tertiary/aromatic N) is 3. The van der Waals surface area contributed by atoms with Crippen molar-refractivity contribution in [3.63, 3.8) is 0 Å². The molecule has 1 unspecified atom stereocenters. The van der Waals surface area contributed by atoms with Crippen molar-refractivity contribution in [2.45, 2.75) is 52.1 Å². The molecule has 1 fully saturated rings. The Bertz CT molecular complexity index is 430. The molecule has 0 amide bonds. The molecule has 2 heterocycles. The molecule has 2 rings (SSSR count). The van der Waals surface area contributed by atoms with E-state index in [1.165, 1.54) is 35.0 Å². The summed E-state index contributed by atoms with van der Waals surface area (Å²) >= 11 is 1.89. The van der Waals surface area contributed by atoms with Crippen molar-refractivity contribution in [2.75, 3.05) is 38.6 Å². The van der Waals surface area contributed by atoms with Gasteiger partial charge in [-0.2, -0.15) is 0 Å². The first-order valence-electron chi connectivity index (χ1n) is 8.26. The Morgan fingerprint density at radius 3 is 2.86 bits per heavy atom. The first kappa shape index (κ1) is 16.7. The van der Waals surface area contributed by atoms with Gasteiger partial charge in [0.15, 0.2) is 5.13 Å². The highest BCUT2D eigenvalue weighted by Crippen LogP contribution is 2.29. The molecule has 0 saturated carbocycles. The molecular weight excluding hydrogens is 280 g/mol. The molecule has 120 valence electrons. The van der Waals surface area contributed by atoms with Crippen LogP contribution in [0.25, 0.3) is 0 Å². The van der Waals surface area contributed by atoms with E-state index in [1.54, 1.807) is 0 Å². The van der Waals surface area contributed by atoms with E-state index in [1.807, 2.05) is 11.3 Å². The quantitative estimate of drug-likeness (QED) is 0.785. The third kappa shape index (κ3) is 4.41. The molecule has 0 bridgehead atoms. The lowest BCUT2D eigenvalue weighted by Gasteiger charge is -2.35. The van der Waals surface area contributed by atoms with Crippen molar-refractivity contribution in [2.24, 2.45) is 0 Å². The van der Waals surface area contributed by atoms with Crippen LogP contribution in [0.2, 0.25) is 0 Å². The zero-order chi connectivity index (χ0) is 15.2. The summed E-state index contributed by atoms with van der Waals surface area (Å²) in [5.41, 5.74) is 1.28. The summed E-state index contributed by atoms with van der Waals surface area (Å²) in [4.78, 5) is 11.2. The lowest BCUT2D eigenvalue weighted by atomic mass is 10.1. The minimum absolute atomic E-state index is 0.661. The Labute approximate surface area is 133 Å². The second-order valence-corrected chi connectivity index (χ2v) is 7.16. The molecule has 1 aromatic heterocycles. The molecule has 21 heavy (non-hydrogen) atoms. The summed E-state index contributed by atoms with van der Waals surface area (Å²) in [6.45, 7) is 8.75. The minimum atomic E-state index is 0.661. The predicted molar refractivity (Wildman–Crippen MR) is 92.4 cm³/mol. The van der Waals surface area contributed by atoms with Crippen molar-refractivity contribution in [3.05, 3.63) is 10.6 Å². The van der Waals surface area contributed by atoms with Gasteiger partial charge in [0.1, 0.15) is 0 Å². The van der Waals surface area contributed by atoms with Gasteiger partial charge in [0.2, 0.25) is 0 Å². The highest BCUT2D eigenvalue weighted by atomic mass is 32.1. The van der Waals surface area contributed by atoms with Gasteiger partial charge >= 0.3 is 0 Å². The van der Waals surface area contributed by atoms with Crippen LogP contribution < -0.4 is 10.2 Å². The van der Waals surface area contributed by atoms with E-state index in [2.05, 4.69) is 43.1 Å². The van der Waals surface area contributed by atoms with Crippen LogP contribution in [0.4, 0.5) is 5.13 Å². The maximum atomic E-state index is 4.91. The Kier molecular flexibility index (Phi) is 6.45. The smallest absolute Gasteiger partial charge is 0.185 e. The number of rotatable bonds is 7. The zero-order valence-electron chi connectivity index (χ0n) is 14.0. The van der Waals surface area contributed by atoms with Crippen LogP contribution in [0.1, 0.15) is 43.7 Å². The first-order chi connectivity index (χ1) is 10.2. The Morgan fingerprint density at radius 1 is 1.38 bits per heavy atom. The summed E-state index contributed by atoms with van der Waals surface area (Å²) in [5, 5.41) is 4.74. The van der Waals surface area contributed by atoms with Crippen molar-refractivity contribution >= 4 is 16.5 Å². The monoisotopic (exact) mass is 310 g/mol. The molecule has 0 radical (unpaired) electrons. The molecule has 0 aromatic carbocycles. The molecule has 1 N–H and O–H groups in total. The van der Waals surface area contributed by atoms with Crippen LogP contribution in [0.15, 0.2) is 0 Å². The first-order valence-corrected chi connectivity index (χ1v) is 9.08. The molecule has 1 aromatic rings. The third-order valence-corrected chi connectivity index (χ3v) is 5.37.